The van der Waals surface area contributed by atoms with E-state index < -0.39 is 24.4 Å². The summed E-state index contributed by atoms with van der Waals surface area (Å²) in [5.74, 6) is -0.727. The minimum absolute atomic E-state index is 0.0151. The van der Waals surface area contributed by atoms with Crippen molar-refractivity contribution in [2.45, 2.75) is 20.0 Å². The van der Waals surface area contributed by atoms with Crippen LogP contribution in [0.5, 0.6) is 5.75 Å². The normalized spacial score (nSPS) is 14.1. The molecule has 4 amide bonds. The van der Waals surface area contributed by atoms with Crippen molar-refractivity contribution < 1.29 is 19.1 Å². The molecule has 7 nitrogen and oxygen atoms in total. The maximum atomic E-state index is 12.9. The molecule has 0 bridgehead atoms. The Bertz CT molecular complexity index is 1440. The van der Waals surface area contributed by atoms with Gasteiger partial charge in [-0.25, -0.2) is 9.69 Å². The van der Waals surface area contributed by atoms with Crippen LogP contribution < -0.4 is 15.4 Å². The zero-order chi connectivity index (χ0) is 27.4. The lowest BCUT2D eigenvalue weighted by molar-refractivity contribution is -0.127. The van der Waals surface area contributed by atoms with E-state index in [2.05, 4.69) is 26.6 Å². The van der Waals surface area contributed by atoms with Crippen molar-refractivity contribution in [3.8, 4) is 5.75 Å². The summed E-state index contributed by atoms with van der Waals surface area (Å²) in [5.41, 5.74) is 2.87. The lowest BCUT2D eigenvalue weighted by atomic mass is 10.1. The number of para-hydroxylation sites is 1. The first-order valence-electron chi connectivity index (χ1n) is 11.4. The van der Waals surface area contributed by atoms with Crippen molar-refractivity contribution in [3.05, 3.63) is 96.5 Å². The number of nitrogens with zero attached hydrogens (tertiary/aromatic N) is 1. The Morgan fingerprint density at radius 1 is 1.05 bits per heavy atom. The number of hydrogen-bond acceptors (Lipinski definition) is 4. The largest absolute Gasteiger partial charge is 0.486 e. The lowest BCUT2D eigenvalue weighted by Gasteiger charge is -2.14. The second kappa shape index (κ2) is 12.2. The molecule has 1 heterocycles. The van der Waals surface area contributed by atoms with Gasteiger partial charge in [-0.1, -0.05) is 66.0 Å². The molecule has 0 aliphatic carbocycles. The van der Waals surface area contributed by atoms with Crippen LogP contribution in [0.3, 0.4) is 0 Å². The van der Waals surface area contributed by atoms with E-state index in [0.717, 1.165) is 22.4 Å². The second-order valence-corrected chi connectivity index (χ2v) is 10.4. The highest BCUT2D eigenvalue weighted by Crippen LogP contribution is 2.36. The van der Waals surface area contributed by atoms with Gasteiger partial charge < -0.3 is 15.4 Å². The quantitative estimate of drug-likeness (QED) is 0.204. The number of ether oxygens (including phenoxy) is 1. The summed E-state index contributed by atoms with van der Waals surface area (Å²) in [7, 11) is 0. The number of carbonyl (C=O) groups is 3. The molecule has 11 heteroatoms. The van der Waals surface area contributed by atoms with Crippen LogP contribution in [0.1, 0.15) is 23.6 Å². The van der Waals surface area contributed by atoms with E-state index in [0.29, 0.717) is 31.5 Å². The third-order valence-corrected chi connectivity index (χ3v) is 7.11. The van der Waals surface area contributed by atoms with Gasteiger partial charge >= 0.3 is 6.03 Å². The Labute approximate surface area is 242 Å². The average molecular weight is 638 g/mol. The molecule has 2 N–H and O–H groups in total. The van der Waals surface area contributed by atoms with Gasteiger partial charge in [0.05, 0.1) is 9.50 Å². The minimum Gasteiger partial charge on any atom is -0.486 e. The van der Waals surface area contributed by atoms with E-state index in [9.17, 15) is 14.4 Å². The summed E-state index contributed by atoms with van der Waals surface area (Å²) in [6.07, 6.45) is 2.20. The molecule has 0 radical (unpaired) electrons. The number of hydrogen-bond donors (Lipinski definition) is 2. The number of aryl methyl sites for hydroxylation is 1. The molecule has 0 saturated carbocycles. The van der Waals surface area contributed by atoms with Crippen molar-refractivity contribution in [1.29, 1.82) is 0 Å². The predicted molar refractivity (Wildman–Crippen MR) is 153 cm³/mol. The summed E-state index contributed by atoms with van der Waals surface area (Å²) in [5, 5.41) is 6.53. The van der Waals surface area contributed by atoms with Crippen molar-refractivity contribution in [3.63, 3.8) is 0 Å². The van der Waals surface area contributed by atoms with Crippen molar-refractivity contribution in [2.24, 2.45) is 0 Å². The number of rotatable bonds is 8. The Hall–Kier alpha value is -3.04. The molecule has 1 aliphatic rings. The van der Waals surface area contributed by atoms with Crippen molar-refractivity contribution >= 4 is 80.3 Å². The number of halogens is 4. The highest BCUT2D eigenvalue weighted by Gasteiger charge is 2.35. The van der Waals surface area contributed by atoms with Gasteiger partial charge in [0.15, 0.2) is 5.75 Å². The Balaban J connectivity index is 1.45. The molecule has 4 rings (SSSR count). The van der Waals surface area contributed by atoms with Gasteiger partial charge in [-0.2, -0.15) is 0 Å². The SMILES string of the molecule is CCc1ccccc1NC(=O)CN1C(=O)N/C(=C/c2cc(Cl)c(OCc3ccc(Cl)cc3Cl)c(Br)c2)C1=O. The van der Waals surface area contributed by atoms with Gasteiger partial charge in [0.25, 0.3) is 5.91 Å². The van der Waals surface area contributed by atoms with Crippen LogP contribution in [0.2, 0.25) is 15.1 Å². The standard InChI is InChI=1S/C27H21BrCl3N3O4/c1-2-16-5-3-4-6-22(16)32-24(35)13-34-26(36)23(33-27(34)37)11-15-9-19(28)25(21(31)10-15)38-14-17-7-8-18(29)12-20(17)30/h3-12H,2,13-14H2,1H3,(H,32,35)(H,33,37)/b23-11+. The zero-order valence-corrected chi connectivity index (χ0v) is 23.8. The molecule has 0 spiro atoms. The van der Waals surface area contributed by atoms with Gasteiger partial charge in [-0.05, 0) is 69.9 Å². The van der Waals surface area contributed by atoms with Crippen molar-refractivity contribution in [1.82, 2.24) is 10.2 Å². The summed E-state index contributed by atoms with van der Waals surface area (Å²) in [4.78, 5) is 38.7. The third kappa shape index (κ3) is 6.50. The molecular weight excluding hydrogens is 617 g/mol. The first-order valence-corrected chi connectivity index (χ1v) is 13.4. The summed E-state index contributed by atoms with van der Waals surface area (Å²) in [6, 6.07) is 15.0. The number of carbonyl (C=O) groups excluding carboxylic acids is 3. The van der Waals surface area contributed by atoms with E-state index in [1.54, 1.807) is 42.5 Å². The fraction of sp³-hybridized carbons (Fsp3) is 0.148. The van der Waals surface area contributed by atoms with E-state index in [1.165, 1.54) is 6.08 Å². The monoisotopic (exact) mass is 635 g/mol. The molecule has 0 unspecified atom stereocenters. The van der Waals surface area contributed by atoms with E-state index >= 15 is 0 Å². The number of urea groups is 1. The van der Waals surface area contributed by atoms with Crippen LogP contribution in [0, 0.1) is 0 Å². The van der Waals surface area contributed by atoms with Gasteiger partial charge in [-0.15, -0.1) is 0 Å². The molecular formula is C27H21BrCl3N3O4. The lowest BCUT2D eigenvalue weighted by Crippen LogP contribution is -2.38. The number of benzene rings is 3. The average Bonchev–Trinajstić information content (AvgIpc) is 3.12. The number of amides is 4. The smallest absolute Gasteiger partial charge is 0.329 e. The molecule has 196 valence electrons. The number of imide groups is 1. The van der Waals surface area contributed by atoms with Crippen LogP contribution in [0.25, 0.3) is 6.08 Å². The second-order valence-electron chi connectivity index (χ2n) is 8.28. The Morgan fingerprint density at radius 2 is 1.82 bits per heavy atom. The van der Waals surface area contributed by atoms with Crippen LogP contribution in [-0.4, -0.2) is 29.3 Å². The molecule has 1 saturated heterocycles. The maximum absolute atomic E-state index is 12.9. The van der Waals surface area contributed by atoms with Gasteiger partial charge in [-0.3, -0.25) is 9.59 Å². The molecule has 0 atom stereocenters. The Morgan fingerprint density at radius 3 is 2.53 bits per heavy atom. The van der Waals surface area contributed by atoms with Crippen LogP contribution in [0.15, 0.2) is 64.8 Å². The van der Waals surface area contributed by atoms with Crippen LogP contribution >= 0.6 is 50.7 Å². The maximum Gasteiger partial charge on any atom is 0.329 e. The molecule has 1 fully saturated rings. The van der Waals surface area contributed by atoms with E-state index in [4.69, 9.17) is 39.5 Å². The summed E-state index contributed by atoms with van der Waals surface area (Å²) in [6.45, 7) is 1.70. The molecule has 38 heavy (non-hydrogen) atoms. The minimum atomic E-state index is -0.690. The zero-order valence-electron chi connectivity index (χ0n) is 20.0. The Kier molecular flexibility index (Phi) is 8.99. The van der Waals surface area contributed by atoms with Gasteiger partial charge in [0, 0.05) is 21.3 Å². The fourth-order valence-electron chi connectivity index (χ4n) is 3.76. The van der Waals surface area contributed by atoms with Gasteiger partial charge in [0.2, 0.25) is 5.91 Å². The first-order chi connectivity index (χ1) is 18.2. The predicted octanol–water partition coefficient (Wildman–Crippen LogP) is 7.08. The molecule has 0 aromatic heterocycles. The van der Waals surface area contributed by atoms with Crippen LogP contribution in [-0.2, 0) is 22.6 Å². The first kappa shape index (κ1) is 28.0. The molecule has 3 aromatic rings. The van der Waals surface area contributed by atoms with Gasteiger partial charge in [0.1, 0.15) is 18.8 Å². The molecule has 3 aromatic carbocycles. The third-order valence-electron chi connectivity index (χ3n) is 5.66. The summed E-state index contributed by atoms with van der Waals surface area (Å²) < 4.78 is 6.38. The topological polar surface area (TPSA) is 87.7 Å². The highest BCUT2D eigenvalue weighted by atomic mass is 79.9. The van der Waals surface area contributed by atoms with Crippen LogP contribution in [0.4, 0.5) is 10.5 Å². The van der Waals surface area contributed by atoms with E-state index in [-0.39, 0.29) is 17.3 Å². The molecule has 1 aliphatic heterocycles. The van der Waals surface area contributed by atoms with E-state index in [1.807, 2.05) is 19.1 Å². The highest BCUT2D eigenvalue weighted by molar-refractivity contribution is 9.10. The van der Waals surface area contributed by atoms with Crippen molar-refractivity contribution in [2.75, 3.05) is 11.9 Å². The number of anilines is 1. The summed E-state index contributed by atoms with van der Waals surface area (Å²) >= 11 is 22.0. The fourth-order valence-corrected chi connectivity index (χ4v) is 5.21. The number of nitrogens with one attached hydrogen (secondary N) is 2.